The van der Waals surface area contributed by atoms with E-state index in [0.29, 0.717) is 23.7 Å². The van der Waals surface area contributed by atoms with Gasteiger partial charge in [-0.05, 0) is 76.8 Å². The van der Waals surface area contributed by atoms with E-state index in [1.165, 1.54) is 38.2 Å². The quantitative estimate of drug-likeness (QED) is 0.0714. The molecule has 2 nitrogen and oxygen atoms in total. The van der Waals surface area contributed by atoms with Crippen LogP contribution in [0.1, 0.15) is 107 Å². The third kappa shape index (κ3) is 10.9. The first-order valence-electron chi connectivity index (χ1n) is 18.8. The number of rotatable bonds is 11. The zero-order valence-corrected chi connectivity index (χ0v) is 34.5. The van der Waals surface area contributed by atoms with Gasteiger partial charge in [-0.25, -0.2) is 0 Å². The number of benzene rings is 6. The Labute approximate surface area is 330 Å². The second-order valence-corrected chi connectivity index (χ2v) is 17.1. The summed E-state index contributed by atoms with van der Waals surface area (Å²) in [4.78, 5) is 5.05. The summed E-state index contributed by atoms with van der Waals surface area (Å²) in [7, 11) is -0.877. The molecule has 6 rings (SSSR count). The van der Waals surface area contributed by atoms with Crippen LogP contribution in [0.2, 0.25) is 0 Å². The second-order valence-electron chi connectivity index (χ2n) is 14.6. The molecule has 0 aliphatic carbocycles. The van der Waals surface area contributed by atoms with E-state index in [9.17, 15) is 0 Å². The first kappa shape index (κ1) is 41.5. The largest absolute Gasteiger partial charge is 0.657 e. The maximum absolute atomic E-state index is 5.22. The van der Waals surface area contributed by atoms with Gasteiger partial charge >= 0.3 is 0 Å². The molecule has 6 aromatic rings. The Balaban J connectivity index is 0.000000265. The minimum Gasteiger partial charge on any atom is -0.657 e. The van der Waals surface area contributed by atoms with Crippen LogP contribution in [0.3, 0.4) is 0 Å². The fourth-order valence-corrected chi connectivity index (χ4v) is 9.15. The molecule has 0 aliphatic rings. The maximum Gasteiger partial charge on any atom is 0.102 e. The van der Waals surface area contributed by atoms with Crippen molar-refractivity contribution in [3.8, 4) is 0 Å². The number of hydrogen-bond donors (Lipinski definition) is 0. The van der Waals surface area contributed by atoms with Gasteiger partial charge in [0.25, 0.3) is 0 Å². The van der Waals surface area contributed by atoms with Crippen LogP contribution in [0, 0.1) is 0 Å². The Kier molecular flexibility index (Phi) is 15.8. The van der Waals surface area contributed by atoms with E-state index in [1.807, 2.05) is 6.21 Å². The van der Waals surface area contributed by atoms with E-state index in [2.05, 4.69) is 207 Å². The SMILES string of the molecule is CC(C)c1cccc(C(C)C)c1N=Cc1ccccc1[N-]c1c(C(C)C)cccc1C(C)C.[Ni].c1ccc([PH+](c2ccccc2)c2ccccc2)cc1. The van der Waals surface area contributed by atoms with Crippen molar-refractivity contribution >= 4 is 47.1 Å². The summed E-state index contributed by atoms with van der Waals surface area (Å²) >= 11 is 0. The number of nitrogens with zero attached hydrogens (tertiary/aromatic N) is 2. The van der Waals surface area contributed by atoms with E-state index < -0.39 is 7.92 Å². The summed E-state index contributed by atoms with van der Waals surface area (Å²) < 4.78 is 0. The van der Waals surface area contributed by atoms with Crippen LogP contribution in [0.25, 0.3) is 5.32 Å². The molecular formula is C49H55N2NiP. The van der Waals surface area contributed by atoms with Gasteiger partial charge in [-0.15, -0.1) is 11.4 Å². The van der Waals surface area contributed by atoms with Crippen molar-refractivity contribution in [3.63, 3.8) is 0 Å². The molecule has 0 aliphatic heterocycles. The second kappa shape index (κ2) is 20.2. The molecule has 0 fully saturated rings. The molecule has 0 heterocycles. The van der Waals surface area contributed by atoms with Crippen LogP contribution >= 0.6 is 7.92 Å². The average molecular weight is 762 g/mol. The molecule has 276 valence electrons. The smallest absolute Gasteiger partial charge is 0.102 e. The van der Waals surface area contributed by atoms with Crippen LogP contribution in [0.15, 0.2) is 157 Å². The molecule has 0 spiro atoms. The molecule has 0 saturated heterocycles. The zero-order valence-electron chi connectivity index (χ0n) is 32.5. The van der Waals surface area contributed by atoms with Gasteiger partial charge < -0.3 is 5.32 Å². The zero-order chi connectivity index (χ0) is 37.0. The molecule has 0 unspecified atom stereocenters. The predicted molar refractivity (Wildman–Crippen MR) is 232 cm³/mol. The Hall–Kier alpha value is -4.29. The third-order valence-corrected chi connectivity index (χ3v) is 12.1. The first-order valence-corrected chi connectivity index (χ1v) is 20.3. The Morgan fingerprint density at radius 1 is 0.434 bits per heavy atom. The van der Waals surface area contributed by atoms with Crippen molar-refractivity contribution in [3.05, 3.63) is 185 Å². The number of aliphatic imine (C=N–C) groups is 1. The molecule has 0 amide bonds. The Bertz CT molecular complexity index is 1870. The van der Waals surface area contributed by atoms with Crippen LogP contribution in [0.5, 0.6) is 0 Å². The van der Waals surface area contributed by atoms with Crippen LogP contribution in [0.4, 0.5) is 17.1 Å². The molecule has 0 atom stereocenters. The van der Waals surface area contributed by atoms with Crippen molar-refractivity contribution in [1.29, 1.82) is 0 Å². The molecular weight excluding hydrogens is 706 g/mol. The van der Waals surface area contributed by atoms with Gasteiger partial charge in [0.05, 0.1) is 13.6 Å². The fourth-order valence-electron chi connectivity index (χ4n) is 6.57. The molecule has 0 bridgehead atoms. The summed E-state index contributed by atoms with van der Waals surface area (Å²) in [6.07, 6.45) is 2.00. The monoisotopic (exact) mass is 760 g/mol. The minimum absolute atomic E-state index is 0. The van der Waals surface area contributed by atoms with Gasteiger partial charge in [0.1, 0.15) is 15.9 Å². The third-order valence-electron chi connectivity index (χ3n) is 9.37. The van der Waals surface area contributed by atoms with Gasteiger partial charge in [-0.2, -0.15) is 0 Å². The van der Waals surface area contributed by atoms with Gasteiger partial charge in [-0.1, -0.05) is 182 Å². The Morgan fingerprint density at radius 2 is 0.792 bits per heavy atom. The average Bonchev–Trinajstić information content (AvgIpc) is 3.16. The fraction of sp³-hybridized carbons (Fsp3) is 0.245. The van der Waals surface area contributed by atoms with Gasteiger partial charge in [-0.3, -0.25) is 4.99 Å². The minimum atomic E-state index is -0.877. The van der Waals surface area contributed by atoms with Crippen LogP contribution in [-0.4, -0.2) is 6.21 Å². The van der Waals surface area contributed by atoms with E-state index in [1.54, 1.807) is 0 Å². The van der Waals surface area contributed by atoms with E-state index in [-0.39, 0.29) is 16.5 Å². The van der Waals surface area contributed by atoms with Crippen molar-refractivity contribution in [2.24, 2.45) is 4.99 Å². The molecule has 4 heteroatoms. The van der Waals surface area contributed by atoms with Crippen LogP contribution < -0.4 is 15.9 Å². The normalized spacial score (nSPS) is 11.3. The summed E-state index contributed by atoms with van der Waals surface area (Å²) in [5.41, 5.74) is 9.37. The Morgan fingerprint density at radius 3 is 1.19 bits per heavy atom. The number of hydrogen-bond acceptors (Lipinski definition) is 1. The van der Waals surface area contributed by atoms with Crippen molar-refractivity contribution in [2.75, 3.05) is 0 Å². The molecule has 0 radical (unpaired) electrons. The van der Waals surface area contributed by atoms with Gasteiger partial charge in [0.2, 0.25) is 0 Å². The van der Waals surface area contributed by atoms with E-state index >= 15 is 0 Å². The predicted octanol–water partition coefficient (Wildman–Crippen LogP) is 13.4. The summed E-state index contributed by atoms with van der Waals surface area (Å²) in [5, 5.41) is 9.52. The van der Waals surface area contributed by atoms with Crippen LogP contribution in [-0.2, 0) is 16.5 Å². The summed E-state index contributed by atoms with van der Waals surface area (Å²) in [6, 6.07) is 54.0. The van der Waals surface area contributed by atoms with Crippen molar-refractivity contribution in [2.45, 2.75) is 79.1 Å². The maximum atomic E-state index is 5.22. The van der Waals surface area contributed by atoms with Crippen molar-refractivity contribution < 1.29 is 16.5 Å². The topological polar surface area (TPSA) is 26.5 Å². The summed E-state index contributed by atoms with van der Waals surface area (Å²) in [5.74, 6) is 1.66. The van der Waals surface area contributed by atoms with Crippen molar-refractivity contribution in [1.82, 2.24) is 0 Å². The van der Waals surface area contributed by atoms with Gasteiger partial charge in [0.15, 0.2) is 0 Å². The molecule has 0 aromatic heterocycles. The number of para-hydroxylation sites is 3. The van der Waals surface area contributed by atoms with E-state index in [4.69, 9.17) is 10.3 Å². The molecule has 0 saturated carbocycles. The van der Waals surface area contributed by atoms with E-state index in [0.717, 1.165) is 22.6 Å². The van der Waals surface area contributed by atoms with Gasteiger partial charge in [0, 0.05) is 22.7 Å². The summed E-state index contributed by atoms with van der Waals surface area (Å²) in [6.45, 7) is 17.9. The first-order chi connectivity index (χ1) is 25.2. The molecule has 0 N–H and O–H groups in total. The standard InChI is InChI=1S/C31H39N2.C18H15P.Ni/c1-20(2)25-14-11-15-26(21(3)4)30(25)32-19-24-13-9-10-18-29(24)33-31-27(22(5)6)16-12-17-28(31)23(7)8;1-4-10-16(11-5-1)19(17-12-6-2-7-13-17)18-14-8-3-9-15-18;/h9-23H,1-8H3;1-15H;/q-1;;/p+1. The molecule has 53 heavy (non-hydrogen) atoms. The molecule has 6 aromatic carbocycles.